The molecule has 0 aromatic carbocycles. The molecule has 0 atom stereocenters. The van der Waals surface area contributed by atoms with Crippen molar-refractivity contribution in [2.75, 3.05) is 5.73 Å². The van der Waals surface area contributed by atoms with Crippen LogP contribution in [0.1, 0.15) is 24.1 Å². The number of nitrogen functional groups attached to an aromatic ring is 1. The van der Waals surface area contributed by atoms with E-state index in [2.05, 4.69) is 4.98 Å². The molecule has 1 aromatic heterocycles. The SMILES string of the molecule is Cc1cc(N)nc(CCCC(=O)O)c1.Cl. The highest BCUT2D eigenvalue weighted by Gasteiger charge is 2.00. The lowest BCUT2D eigenvalue weighted by atomic mass is 10.1. The van der Waals surface area contributed by atoms with Gasteiger partial charge in [0.05, 0.1) is 0 Å². The van der Waals surface area contributed by atoms with E-state index >= 15 is 0 Å². The summed E-state index contributed by atoms with van der Waals surface area (Å²) in [5.41, 5.74) is 7.49. The highest BCUT2D eigenvalue weighted by atomic mass is 35.5. The summed E-state index contributed by atoms with van der Waals surface area (Å²) in [5, 5.41) is 8.46. The molecule has 1 rings (SSSR count). The van der Waals surface area contributed by atoms with Crippen LogP contribution < -0.4 is 5.73 Å². The van der Waals surface area contributed by atoms with Crippen molar-refractivity contribution < 1.29 is 9.90 Å². The summed E-state index contributed by atoms with van der Waals surface area (Å²) in [6, 6.07) is 3.72. The van der Waals surface area contributed by atoms with Crippen LogP contribution in [0.3, 0.4) is 0 Å². The molecule has 15 heavy (non-hydrogen) atoms. The first-order chi connectivity index (χ1) is 6.58. The number of aliphatic carboxylic acids is 1. The second-order valence-corrected chi connectivity index (χ2v) is 3.31. The van der Waals surface area contributed by atoms with E-state index in [0.29, 0.717) is 18.7 Å². The van der Waals surface area contributed by atoms with Gasteiger partial charge in [-0.15, -0.1) is 12.4 Å². The molecule has 1 heterocycles. The number of nitrogens with two attached hydrogens (primary N) is 1. The van der Waals surface area contributed by atoms with Crippen LogP contribution in [0.4, 0.5) is 5.82 Å². The first-order valence-electron chi connectivity index (χ1n) is 4.53. The van der Waals surface area contributed by atoms with Gasteiger partial charge in [0.2, 0.25) is 0 Å². The summed E-state index contributed by atoms with van der Waals surface area (Å²) in [6.45, 7) is 1.94. The Labute approximate surface area is 94.9 Å². The van der Waals surface area contributed by atoms with Crippen LogP contribution in [0.2, 0.25) is 0 Å². The monoisotopic (exact) mass is 230 g/mol. The van der Waals surface area contributed by atoms with Gasteiger partial charge in [-0.25, -0.2) is 4.98 Å². The highest BCUT2D eigenvalue weighted by molar-refractivity contribution is 5.85. The van der Waals surface area contributed by atoms with Crippen molar-refractivity contribution in [3.8, 4) is 0 Å². The summed E-state index contributed by atoms with van der Waals surface area (Å²) >= 11 is 0. The van der Waals surface area contributed by atoms with Gasteiger partial charge in [-0.2, -0.15) is 0 Å². The average molecular weight is 231 g/mol. The van der Waals surface area contributed by atoms with Gasteiger partial charge >= 0.3 is 5.97 Å². The van der Waals surface area contributed by atoms with E-state index in [0.717, 1.165) is 11.3 Å². The minimum atomic E-state index is -0.773. The number of hydrogen-bond donors (Lipinski definition) is 2. The molecule has 0 spiro atoms. The number of pyridine rings is 1. The minimum Gasteiger partial charge on any atom is -0.481 e. The van der Waals surface area contributed by atoms with Crippen molar-refractivity contribution in [3.05, 3.63) is 23.4 Å². The molecule has 84 valence electrons. The normalized spacial score (nSPS) is 9.40. The summed E-state index contributed by atoms with van der Waals surface area (Å²) in [5.74, 6) is -0.277. The second kappa shape index (κ2) is 6.24. The van der Waals surface area contributed by atoms with Crippen LogP contribution in [0.5, 0.6) is 0 Å². The average Bonchev–Trinajstić information content (AvgIpc) is 2.01. The van der Waals surface area contributed by atoms with E-state index in [-0.39, 0.29) is 18.8 Å². The predicted octanol–water partition coefficient (Wildman–Crippen LogP) is 1.80. The second-order valence-electron chi connectivity index (χ2n) is 3.31. The fourth-order valence-corrected chi connectivity index (χ4v) is 1.32. The van der Waals surface area contributed by atoms with E-state index in [1.165, 1.54) is 0 Å². The Morgan fingerprint density at radius 3 is 2.73 bits per heavy atom. The molecule has 4 nitrogen and oxygen atoms in total. The maximum atomic E-state index is 10.3. The Bertz CT molecular complexity index is 322. The van der Waals surface area contributed by atoms with Crippen molar-refractivity contribution in [2.45, 2.75) is 26.2 Å². The zero-order valence-corrected chi connectivity index (χ0v) is 9.38. The van der Waals surface area contributed by atoms with Crippen molar-refractivity contribution in [1.82, 2.24) is 4.98 Å². The lowest BCUT2D eigenvalue weighted by Crippen LogP contribution is -2.00. The highest BCUT2D eigenvalue weighted by Crippen LogP contribution is 2.09. The van der Waals surface area contributed by atoms with Crippen LogP contribution in [-0.2, 0) is 11.2 Å². The number of aryl methyl sites for hydroxylation is 2. The molecule has 0 saturated heterocycles. The number of halogens is 1. The Hall–Kier alpha value is -1.29. The van der Waals surface area contributed by atoms with Gasteiger partial charge in [0.1, 0.15) is 5.82 Å². The molecular weight excluding hydrogens is 216 g/mol. The zero-order valence-electron chi connectivity index (χ0n) is 8.56. The van der Waals surface area contributed by atoms with E-state index in [1.54, 1.807) is 6.07 Å². The summed E-state index contributed by atoms with van der Waals surface area (Å²) in [6.07, 6.45) is 1.44. The maximum absolute atomic E-state index is 10.3. The van der Waals surface area contributed by atoms with Crippen molar-refractivity contribution >= 4 is 24.2 Å². The summed E-state index contributed by atoms with van der Waals surface area (Å²) in [7, 11) is 0. The predicted molar refractivity (Wildman–Crippen MR) is 61.2 cm³/mol. The lowest BCUT2D eigenvalue weighted by Gasteiger charge is -2.02. The number of anilines is 1. The number of rotatable bonds is 4. The Morgan fingerprint density at radius 1 is 1.53 bits per heavy atom. The van der Waals surface area contributed by atoms with Gasteiger partial charge in [0.15, 0.2) is 0 Å². The molecule has 0 amide bonds. The third kappa shape index (κ3) is 5.22. The Morgan fingerprint density at radius 2 is 2.20 bits per heavy atom. The van der Waals surface area contributed by atoms with E-state index in [4.69, 9.17) is 10.8 Å². The molecule has 0 radical (unpaired) electrons. The largest absolute Gasteiger partial charge is 0.481 e. The fourth-order valence-electron chi connectivity index (χ4n) is 1.32. The van der Waals surface area contributed by atoms with Crippen LogP contribution in [-0.4, -0.2) is 16.1 Å². The summed E-state index contributed by atoms with van der Waals surface area (Å²) < 4.78 is 0. The van der Waals surface area contributed by atoms with Gasteiger partial charge in [-0.05, 0) is 37.5 Å². The fraction of sp³-hybridized carbons (Fsp3) is 0.400. The molecule has 0 aliphatic heterocycles. The van der Waals surface area contributed by atoms with Gasteiger partial charge in [-0.1, -0.05) is 0 Å². The first kappa shape index (κ1) is 13.7. The smallest absolute Gasteiger partial charge is 0.303 e. The first-order valence-corrected chi connectivity index (χ1v) is 4.53. The zero-order chi connectivity index (χ0) is 10.6. The number of nitrogens with zero attached hydrogens (tertiary/aromatic N) is 1. The third-order valence-electron chi connectivity index (χ3n) is 1.87. The van der Waals surface area contributed by atoms with Gasteiger partial charge < -0.3 is 10.8 Å². The van der Waals surface area contributed by atoms with E-state index < -0.39 is 5.97 Å². The molecule has 3 N–H and O–H groups in total. The third-order valence-corrected chi connectivity index (χ3v) is 1.87. The molecule has 0 fully saturated rings. The number of carboxylic acids is 1. The Balaban J connectivity index is 0.00000196. The lowest BCUT2D eigenvalue weighted by molar-refractivity contribution is -0.137. The quantitative estimate of drug-likeness (QED) is 0.827. The molecule has 0 bridgehead atoms. The molecule has 0 unspecified atom stereocenters. The minimum absolute atomic E-state index is 0. The van der Waals surface area contributed by atoms with Crippen molar-refractivity contribution in [1.29, 1.82) is 0 Å². The number of hydrogen-bond acceptors (Lipinski definition) is 3. The molecular formula is C10H15ClN2O2. The maximum Gasteiger partial charge on any atom is 0.303 e. The number of carboxylic acid groups (broad SMARTS) is 1. The van der Waals surface area contributed by atoms with Crippen LogP contribution in [0, 0.1) is 6.92 Å². The number of aromatic nitrogens is 1. The van der Waals surface area contributed by atoms with Crippen LogP contribution in [0.15, 0.2) is 12.1 Å². The molecule has 0 aliphatic carbocycles. The van der Waals surface area contributed by atoms with E-state index in [9.17, 15) is 4.79 Å². The van der Waals surface area contributed by atoms with Crippen LogP contribution in [0.25, 0.3) is 0 Å². The van der Waals surface area contributed by atoms with Gasteiger partial charge in [0, 0.05) is 12.1 Å². The van der Waals surface area contributed by atoms with Crippen LogP contribution >= 0.6 is 12.4 Å². The van der Waals surface area contributed by atoms with Gasteiger partial charge in [0.25, 0.3) is 0 Å². The standard InChI is InChI=1S/C10H14N2O2.ClH/c1-7-5-8(12-9(11)6-7)3-2-4-10(13)14;/h5-6H,2-4H2,1H3,(H2,11,12)(H,13,14);1H. The van der Waals surface area contributed by atoms with E-state index in [1.807, 2.05) is 13.0 Å². The number of carbonyl (C=O) groups is 1. The van der Waals surface area contributed by atoms with Crippen molar-refractivity contribution in [2.24, 2.45) is 0 Å². The molecule has 0 saturated carbocycles. The topological polar surface area (TPSA) is 76.2 Å². The molecule has 0 aliphatic rings. The molecule has 5 heteroatoms. The Kier molecular flexibility index (Phi) is 5.70. The van der Waals surface area contributed by atoms with Crippen molar-refractivity contribution in [3.63, 3.8) is 0 Å². The van der Waals surface area contributed by atoms with Gasteiger partial charge in [-0.3, -0.25) is 4.79 Å². The summed E-state index contributed by atoms with van der Waals surface area (Å²) in [4.78, 5) is 14.4. The molecule has 1 aromatic rings.